The standard InChI is InChI=1S/C14H14N2O2/c1-16(12-4-5-12)13-6-2-10(3-7-14(17)18)8-11(13)9-15/h2-3,6-8,12H,4-5H2,1H3,(H,17,18)/b7-3+. The van der Waals surface area contributed by atoms with Crippen molar-refractivity contribution in [1.82, 2.24) is 0 Å². The van der Waals surface area contributed by atoms with E-state index in [1.807, 2.05) is 19.2 Å². The van der Waals surface area contributed by atoms with Crippen molar-refractivity contribution in [3.05, 3.63) is 35.4 Å². The van der Waals surface area contributed by atoms with Crippen LogP contribution in [0.2, 0.25) is 0 Å². The molecule has 0 aliphatic heterocycles. The molecule has 2 rings (SSSR count). The van der Waals surface area contributed by atoms with Crippen LogP contribution in [-0.4, -0.2) is 24.2 Å². The molecule has 92 valence electrons. The van der Waals surface area contributed by atoms with Crippen LogP contribution >= 0.6 is 0 Å². The molecule has 1 fully saturated rings. The van der Waals surface area contributed by atoms with Crippen molar-refractivity contribution in [3.63, 3.8) is 0 Å². The van der Waals surface area contributed by atoms with Crippen LogP contribution in [-0.2, 0) is 4.79 Å². The Balaban J connectivity index is 2.28. The number of hydrogen-bond donors (Lipinski definition) is 1. The Bertz CT molecular complexity index is 539. The van der Waals surface area contributed by atoms with E-state index in [4.69, 9.17) is 10.4 Å². The molecule has 1 saturated carbocycles. The number of aliphatic carboxylic acids is 1. The Morgan fingerprint density at radius 3 is 2.83 bits per heavy atom. The second-order valence-electron chi connectivity index (χ2n) is 4.40. The van der Waals surface area contributed by atoms with Crippen molar-refractivity contribution < 1.29 is 9.90 Å². The molecule has 0 saturated heterocycles. The fraction of sp³-hybridized carbons (Fsp3) is 0.286. The molecule has 1 N–H and O–H groups in total. The third kappa shape index (κ3) is 2.69. The normalized spacial score (nSPS) is 14.4. The summed E-state index contributed by atoms with van der Waals surface area (Å²) in [4.78, 5) is 12.6. The number of nitriles is 1. The minimum atomic E-state index is -0.993. The number of carbonyl (C=O) groups is 1. The van der Waals surface area contributed by atoms with Gasteiger partial charge >= 0.3 is 5.97 Å². The van der Waals surface area contributed by atoms with Gasteiger partial charge in [0.05, 0.1) is 11.3 Å². The predicted molar refractivity (Wildman–Crippen MR) is 69.3 cm³/mol. The summed E-state index contributed by atoms with van der Waals surface area (Å²) in [6.07, 6.45) is 4.90. The predicted octanol–water partition coefficient (Wildman–Crippen LogP) is 2.25. The summed E-state index contributed by atoms with van der Waals surface area (Å²) in [5.41, 5.74) is 2.21. The summed E-state index contributed by atoms with van der Waals surface area (Å²) in [6, 6.07) is 8.12. The van der Waals surface area contributed by atoms with E-state index in [1.54, 1.807) is 6.07 Å². The average molecular weight is 242 g/mol. The van der Waals surface area contributed by atoms with Crippen molar-refractivity contribution in [2.75, 3.05) is 11.9 Å². The summed E-state index contributed by atoms with van der Waals surface area (Å²) in [6.45, 7) is 0. The van der Waals surface area contributed by atoms with E-state index < -0.39 is 5.97 Å². The van der Waals surface area contributed by atoms with Gasteiger partial charge < -0.3 is 10.0 Å². The van der Waals surface area contributed by atoms with E-state index >= 15 is 0 Å². The largest absolute Gasteiger partial charge is 0.478 e. The molecule has 0 atom stereocenters. The van der Waals surface area contributed by atoms with Gasteiger partial charge in [-0.25, -0.2) is 4.79 Å². The van der Waals surface area contributed by atoms with Crippen LogP contribution in [0.4, 0.5) is 5.69 Å². The first kappa shape index (κ1) is 12.2. The molecule has 4 heteroatoms. The SMILES string of the molecule is CN(c1ccc(/C=C/C(=O)O)cc1C#N)C1CC1. The molecular weight excluding hydrogens is 228 g/mol. The third-order valence-electron chi connectivity index (χ3n) is 3.03. The van der Waals surface area contributed by atoms with Gasteiger partial charge in [0.1, 0.15) is 6.07 Å². The summed E-state index contributed by atoms with van der Waals surface area (Å²) in [5, 5.41) is 17.7. The fourth-order valence-electron chi connectivity index (χ4n) is 1.88. The van der Waals surface area contributed by atoms with Gasteiger partial charge in [-0.15, -0.1) is 0 Å². The molecule has 0 unspecified atom stereocenters. The fourth-order valence-corrected chi connectivity index (χ4v) is 1.88. The van der Waals surface area contributed by atoms with Crippen LogP contribution in [0.1, 0.15) is 24.0 Å². The highest BCUT2D eigenvalue weighted by Gasteiger charge is 2.27. The highest BCUT2D eigenvalue weighted by Crippen LogP contribution is 2.32. The summed E-state index contributed by atoms with van der Waals surface area (Å²) in [5.74, 6) is -0.993. The quantitative estimate of drug-likeness (QED) is 0.822. The summed E-state index contributed by atoms with van der Waals surface area (Å²) >= 11 is 0. The molecule has 0 bridgehead atoms. The molecule has 1 aliphatic carbocycles. The average Bonchev–Trinajstić information content (AvgIpc) is 3.19. The van der Waals surface area contributed by atoms with Crippen molar-refractivity contribution in [2.45, 2.75) is 18.9 Å². The van der Waals surface area contributed by atoms with Gasteiger partial charge in [-0.1, -0.05) is 6.07 Å². The molecule has 0 aromatic heterocycles. The summed E-state index contributed by atoms with van der Waals surface area (Å²) < 4.78 is 0. The number of benzene rings is 1. The van der Waals surface area contributed by atoms with E-state index in [1.165, 1.54) is 18.9 Å². The molecule has 4 nitrogen and oxygen atoms in total. The number of anilines is 1. The Hall–Kier alpha value is -2.28. The Kier molecular flexibility index (Phi) is 3.33. The highest BCUT2D eigenvalue weighted by atomic mass is 16.4. The van der Waals surface area contributed by atoms with Crippen molar-refractivity contribution >= 4 is 17.7 Å². The lowest BCUT2D eigenvalue weighted by Gasteiger charge is -2.20. The molecular formula is C14H14N2O2. The molecule has 0 spiro atoms. The van der Waals surface area contributed by atoms with Gasteiger partial charge in [0.2, 0.25) is 0 Å². The number of hydrogen-bond acceptors (Lipinski definition) is 3. The molecule has 0 radical (unpaired) electrons. The first-order valence-electron chi connectivity index (χ1n) is 5.80. The van der Waals surface area contributed by atoms with Crippen LogP contribution < -0.4 is 4.90 Å². The number of nitrogens with zero attached hydrogens (tertiary/aromatic N) is 2. The lowest BCUT2D eigenvalue weighted by Crippen LogP contribution is -2.20. The van der Waals surface area contributed by atoms with E-state index in [0.717, 1.165) is 17.3 Å². The first-order valence-corrected chi connectivity index (χ1v) is 5.80. The zero-order valence-corrected chi connectivity index (χ0v) is 10.1. The Morgan fingerprint density at radius 2 is 2.28 bits per heavy atom. The molecule has 18 heavy (non-hydrogen) atoms. The lowest BCUT2D eigenvalue weighted by molar-refractivity contribution is -0.131. The van der Waals surface area contributed by atoms with Crippen LogP contribution in [0.3, 0.4) is 0 Å². The zero-order valence-electron chi connectivity index (χ0n) is 10.1. The van der Waals surface area contributed by atoms with Crippen molar-refractivity contribution in [2.24, 2.45) is 0 Å². The second-order valence-corrected chi connectivity index (χ2v) is 4.40. The van der Waals surface area contributed by atoms with Crippen LogP contribution in [0.5, 0.6) is 0 Å². The first-order chi connectivity index (χ1) is 8.61. The van der Waals surface area contributed by atoms with Gasteiger partial charge in [-0.2, -0.15) is 5.26 Å². The van der Waals surface area contributed by atoms with Crippen LogP contribution in [0, 0.1) is 11.3 Å². The maximum absolute atomic E-state index is 10.4. The Labute approximate surface area is 106 Å². The highest BCUT2D eigenvalue weighted by molar-refractivity contribution is 5.85. The van der Waals surface area contributed by atoms with E-state index in [2.05, 4.69) is 11.0 Å². The van der Waals surface area contributed by atoms with Gasteiger partial charge in [-0.3, -0.25) is 0 Å². The smallest absolute Gasteiger partial charge is 0.328 e. The molecule has 1 aliphatic rings. The molecule has 1 aromatic carbocycles. The van der Waals surface area contributed by atoms with Gasteiger partial charge in [0, 0.05) is 19.2 Å². The minimum Gasteiger partial charge on any atom is -0.478 e. The number of rotatable bonds is 4. The van der Waals surface area contributed by atoms with E-state index in [9.17, 15) is 4.79 Å². The van der Waals surface area contributed by atoms with E-state index in [-0.39, 0.29) is 0 Å². The molecule has 0 heterocycles. The maximum Gasteiger partial charge on any atom is 0.328 e. The zero-order chi connectivity index (χ0) is 13.1. The number of carboxylic acids is 1. The van der Waals surface area contributed by atoms with Crippen molar-refractivity contribution in [3.8, 4) is 6.07 Å². The third-order valence-corrected chi connectivity index (χ3v) is 3.03. The van der Waals surface area contributed by atoms with Crippen LogP contribution in [0.15, 0.2) is 24.3 Å². The lowest BCUT2D eigenvalue weighted by atomic mass is 10.1. The Morgan fingerprint density at radius 1 is 1.56 bits per heavy atom. The van der Waals surface area contributed by atoms with Crippen LogP contribution in [0.25, 0.3) is 6.08 Å². The number of carboxylic acid groups (broad SMARTS) is 1. The molecule has 0 amide bonds. The minimum absolute atomic E-state index is 0.539. The maximum atomic E-state index is 10.4. The molecule has 1 aromatic rings. The van der Waals surface area contributed by atoms with Gasteiger partial charge in [0.25, 0.3) is 0 Å². The van der Waals surface area contributed by atoms with Gasteiger partial charge in [0.15, 0.2) is 0 Å². The second kappa shape index (κ2) is 4.92. The topological polar surface area (TPSA) is 64.3 Å². The summed E-state index contributed by atoms with van der Waals surface area (Å²) in [7, 11) is 1.99. The van der Waals surface area contributed by atoms with E-state index in [0.29, 0.717) is 11.6 Å². The van der Waals surface area contributed by atoms with Gasteiger partial charge in [-0.05, 0) is 36.6 Å². The van der Waals surface area contributed by atoms with Crippen molar-refractivity contribution in [1.29, 1.82) is 5.26 Å². The monoisotopic (exact) mass is 242 g/mol.